The summed E-state index contributed by atoms with van der Waals surface area (Å²) in [6.45, 7) is 6.20. The minimum absolute atomic E-state index is 0.0862. The molecular weight excluding hydrogens is 338 g/mol. The Balaban J connectivity index is 1.92. The maximum Gasteiger partial charge on any atom is 0.232 e. The van der Waals surface area contributed by atoms with Crippen molar-refractivity contribution < 1.29 is 4.79 Å². The van der Waals surface area contributed by atoms with Crippen molar-refractivity contribution in [1.29, 1.82) is 10.8 Å². The van der Waals surface area contributed by atoms with E-state index in [9.17, 15) is 4.79 Å². The first-order valence-corrected chi connectivity index (χ1v) is 9.24. The third-order valence-electron chi connectivity index (χ3n) is 5.56. The van der Waals surface area contributed by atoms with Gasteiger partial charge in [0.15, 0.2) is 0 Å². The second kappa shape index (κ2) is 7.10. The first-order valence-electron chi connectivity index (χ1n) is 9.24. The lowest BCUT2D eigenvalue weighted by atomic mass is 9.71. The number of nitrogens with one attached hydrogen (secondary N) is 2. The van der Waals surface area contributed by atoms with Crippen molar-refractivity contribution in [3.05, 3.63) is 47.8 Å². The molecule has 1 unspecified atom stereocenters. The monoisotopic (exact) mass is 365 g/mol. The van der Waals surface area contributed by atoms with Gasteiger partial charge in [-0.25, -0.2) is 4.68 Å². The summed E-state index contributed by atoms with van der Waals surface area (Å²) in [6.07, 6.45) is 6.80. The quantitative estimate of drug-likeness (QED) is 0.606. The van der Waals surface area contributed by atoms with E-state index in [1.165, 1.54) is 10.5 Å². The molecule has 0 bridgehead atoms. The van der Waals surface area contributed by atoms with E-state index < -0.39 is 5.41 Å². The van der Waals surface area contributed by atoms with Crippen LogP contribution in [0.1, 0.15) is 37.8 Å². The number of nitrogens with zero attached hydrogens (tertiary/aromatic N) is 3. The highest BCUT2D eigenvalue weighted by Gasteiger charge is 2.48. The fraction of sp³-hybridized carbons (Fsp3) is 0.429. The fourth-order valence-electron chi connectivity index (χ4n) is 3.70. The number of amidine groups is 1. The standard InChI is InChI=1S/C21H27N5O/c1-14-6-5-7-17(10-14)26-13-16(12-24-26)21(2,3)19(15-8-9-15)20(27)25(4)18(23)11-22/h5-7,10-13,15,19,22-23H,8-9H2,1-4H3. The van der Waals surface area contributed by atoms with E-state index in [4.69, 9.17) is 10.8 Å². The summed E-state index contributed by atoms with van der Waals surface area (Å²) in [5, 5.41) is 19.6. The van der Waals surface area contributed by atoms with E-state index in [0.717, 1.165) is 30.3 Å². The van der Waals surface area contributed by atoms with Gasteiger partial charge in [0.05, 0.1) is 24.0 Å². The predicted molar refractivity (Wildman–Crippen MR) is 107 cm³/mol. The molecule has 1 aliphatic rings. The molecule has 1 saturated carbocycles. The highest BCUT2D eigenvalue weighted by atomic mass is 16.2. The van der Waals surface area contributed by atoms with Crippen molar-refractivity contribution >= 4 is 18.0 Å². The average Bonchev–Trinajstić information content (AvgIpc) is 3.32. The zero-order valence-electron chi connectivity index (χ0n) is 16.4. The molecule has 1 aliphatic carbocycles. The van der Waals surface area contributed by atoms with Gasteiger partial charge in [-0.15, -0.1) is 0 Å². The van der Waals surface area contributed by atoms with Gasteiger partial charge in [0.25, 0.3) is 0 Å². The van der Waals surface area contributed by atoms with Crippen LogP contribution in [0.3, 0.4) is 0 Å². The lowest BCUT2D eigenvalue weighted by molar-refractivity contribution is -0.133. The average molecular weight is 365 g/mol. The third kappa shape index (κ3) is 3.70. The van der Waals surface area contributed by atoms with E-state index in [-0.39, 0.29) is 17.7 Å². The number of aryl methyl sites for hydroxylation is 1. The highest BCUT2D eigenvalue weighted by molar-refractivity contribution is 6.30. The third-order valence-corrected chi connectivity index (χ3v) is 5.56. The summed E-state index contributed by atoms with van der Waals surface area (Å²) in [4.78, 5) is 14.4. The molecule has 142 valence electrons. The van der Waals surface area contributed by atoms with Crippen LogP contribution in [-0.4, -0.2) is 39.7 Å². The minimum Gasteiger partial charge on any atom is -0.305 e. The maximum atomic E-state index is 13.1. The Kier molecular flexibility index (Phi) is 5.00. The summed E-state index contributed by atoms with van der Waals surface area (Å²) < 4.78 is 1.85. The zero-order valence-corrected chi connectivity index (χ0v) is 16.4. The van der Waals surface area contributed by atoms with Crippen LogP contribution in [0.2, 0.25) is 0 Å². The van der Waals surface area contributed by atoms with Gasteiger partial charge in [-0.2, -0.15) is 5.10 Å². The topological polar surface area (TPSA) is 85.8 Å². The van der Waals surface area contributed by atoms with Gasteiger partial charge in [0.2, 0.25) is 5.91 Å². The molecular formula is C21H27N5O. The zero-order chi connectivity index (χ0) is 19.8. The van der Waals surface area contributed by atoms with Gasteiger partial charge in [0, 0.05) is 18.7 Å². The minimum atomic E-state index is -0.420. The lowest BCUT2D eigenvalue weighted by Crippen LogP contribution is -2.46. The molecule has 6 heteroatoms. The molecule has 1 fully saturated rings. The Labute approximate surface area is 160 Å². The lowest BCUT2D eigenvalue weighted by Gasteiger charge is -2.35. The Hall–Kier alpha value is -2.76. The Morgan fingerprint density at radius 2 is 2.11 bits per heavy atom. The van der Waals surface area contributed by atoms with Crippen molar-refractivity contribution in [2.75, 3.05) is 7.05 Å². The Morgan fingerprint density at radius 3 is 2.70 bits per heavy atom. The molecule has 1 atom stereocenters. The summed E-state index contributed by atoms with van der Waals surface area (Å²) in [5.74, 6) is -0.107. The Morgan fingerprint density at radius 1 is 1.41 bits per heavy atom. The molecule has 0 spiro atoms. The number of hydrogen-bond acceptors (Lipinski definition) is 4. The van der Waals surface area contributed by atoms with Gasteiger partial charge in [-0.3, -0.25) is 15.1 Å². The van der Waals surface area contributed by atoms with E-state index >= 15 is 0 Å². The van der Waals surface area contributed by atoms with E-state index in [1.54, 1.807) is 7.05 Å². The molecule has 27 heavy (non-hydrogen) atoms. The van der Waals surface area contributed by atoms with Crippen LogP contribution >= 0.6 is 0 Å². The molecule has 1 heterocycles. The van der Waals surface area contributed by atoms with E-state index in [1.807, 2.05) is 42.2 Å². The van der Waals surface area contributed by atoms with E-state index in [0.29, 0.717) is 5.92 Å². The number of aromatic nitrogens is 2. The van der Waals surface area contributed by atoms with Gasteiger partial charge in [-0.1, -0.05) is 26.0 Å². The van der Waals surface area contributed by atoms with Crippen LogP contribution in [0.4, 0.5) is 0 Å². The summed E-state index contributed by atoms with van der Waals surface area (Å²) in [7, 11) is 1.58. The van der Waals surface area contributed by atoms with Crippen LogP contribution in [0, 0.1) is 29.6 Å². The summed E-state index contributed by atoms with van der Waals surface area (Å²) in [5.41, 5.74) is 2.75. The van der Waals surface area contributed by atoms with E-state index in [2.05, 4.69) is 25.0 Å². The fourth-order valence-corrected chi connectivity index (χ4v) is 3.70. The number of carbonyl (C=O) groups excluding carboxylic acids is 1. The van der Waals surface area contributed by atoms with Gasteiger partial charge in [0.1, 0.15) is 5.84 Å². The molecule has 1 aromatic carbocycles. The second-order valence-corrected chi connectivity index (χ2v) is 7.98. The molecule has 2 aromatic rings. The van der Waals surface area contributed by atoms with Gasteiger partial charge < -0.3 is 5.41 Å². The first-order chi connectivity index (χ1) is 12.8. The number of amides is 1. The largest absolute Gasteiger partial charge is 0.305 e. The number of benzene rings is 1. The number of rotatable bonds is 6. The number of hydrogen-bond donors (Lipinski definition) is 2. The predicted octanol–water partition coefficient (Wildman–Crippen LogP) is 3.57. The summed E-state index contributed by atoms with van der Waals surface area (Å²) in [6, 6.07) is 8.14. The van der Waals surface area contributed by atoms with Crippen molar-refractivity contribution in [3.8, 4) is 5.69 Å². The van der Waals surface area contributed by atoms with Gasteiger partial charge >= 0.3 is 0 Å². The molecule has 0 radical (unpaired) electrons. The number of carbonyl (C=O) groups is 1. The molecule has 6 nitrogen and oxygen atoms in total. The molecule has 1 amide bonds. The SMILES string of the molecule is Cc1cccc(-n2cc(C(C)(C)C(C(=O)N(C)C(=N)C=N)C3CC3)cn2)c1. The first kappa shape index (κ1) is 19.0. The molecule has 1 aromatic heterocycles. The molecule has 0 aliphatic heterocycles. The normalized spacial score (nSPS) is 15.3. The molecule has 3 rings (SSSR count). The maximum absolute atomic E-state index is 13.1. The smallest absolute Gasteiger partial charge is 0.232 e. The van der Waals surface area contributed by atoms with Crippen LogP contribution < -0.4 is 0 Å². The second-order valence-electron chi connectivity index (χ2n) is 7.98. The van der Waals surface area contributed by atoms with Crippen molar-refractivity contribution in [3.63, 3.8) is 0 Å². The van der Waals surface area contributed by atoms with Crippen LogP contribution in [0.25, 0.3) is 5.69 Å². The highest BCUT2D eigenvalue weighted by Crippen LogP contribution is 2.47. The van der Waals surface area contributed by atoms with Crippen LogP contribution in [0.15, 0.2) is 36.7 Å². The van der Waals surface area contributed by atoms with Crippen molar-refractivity contribution in [2.45, 2.75) is 39.0 Å². The van der Waals surface area contributed by atoms with Crippen molar-refractivity contribution in [2.24, 2.45) is 11.8 Å². The van der Waals surface area contributed by atoms with Crippen molar-refractivity contribution in [1.82, 2.24) is 14.7 Å². The Bertz CT molecular complexity index is 878. The molecule has 2 N–H and O–H groups in total. The van der Waals surface area contributed by atoms with Crippen LogP contribution in [-0.2, 0) is 10.2 Å². The summed E-state index contributed by atoms with van der Waals surface area (Å²) >= 11 is 0. The van der Waals surface area contributed by atoms with Gasteiger partial charge in [-0.05, 0) is 48.9 Å². The van der Waals surface area contributed by atoms with Crippen LogP contribution in [0.5, 0.6) is 0 Å². The molecule has 0 saturated heterocycles.